The summed E-state index contributed by atoms with van der Waals surface area (Å²) in [7, 11) is 1.60. The van der Waals surface area contributed by atoms with E-state index in [1.807, 2.05) is 54.6 Å². The molecule has 3 amide bonds. The molecule has 0 aliphatic rings. The number of para-hydroxylation sites is 1. The maximum absolute atomic E-state index is 13.3. The van der Waals surface area contributed by atoms with Gasteiger partial charge >= 0.3 is 6.03 Å². The summed E-state index contributed by atoms with van der Waals surface area (Å²) in [6.45, 7) is 3.13. The SMILES string of the molecule is CCCCCCCC(=O)NCCCN(C(=O)Nc1ccc(OC)cc1)c1ccc(Oc2ccccc2)cc1. The van der Waals surface area contributed by atoms with Crippen LogP contribution in [0.25, 0.3) is 0 Å². The van der Waals surface area contributed by atoms with Crippen LogP contribution in [-0.2, 0) is 4.79 Å². The first kappa shape index (κ1) is 28.6. The molecule has 2 N–H and O–H groups in total. The van der Waals surface area contributed by atoms with Crippen molar-refractivity contribution in [3.8, 4) is 17.2 Å². The number of rotatable bonds is 15. The molecule has 0 heterocycles. The second kappa shape index (κ2) is 16.0. The van der Waals surface area contributed by atoms with E-state index in [0.29, 0.717) is 37.4 Å². The molecule has 3 rings (SSSR count). The lowest BCUT2D eigenvalue weighted by Crippen LogP contribution is -2.37. The monoisotopic (exact) mass is 517 g/mol. The lowest BCUT2D eigenvalue weighted by molar-refractivity contribution is -0.121. The molecule has 7 nitrogen and oxygen atoms in total. The third kappa shape index (κ3) is 9.81. The molecule has 7 heteroatoms. The number of unbranched alkanes of at least 4 members (excludes halogenated alkanes) is 4. The Hall–Kier alpha value is -4.00. The minimum Gasteiger partial charge on any atom is -0.497 e. The summed E-state index contributed by atoms with van der Waals surface area (Å²) in [6.07, 6.45) is 6.77. The van der Waals surface area contributed by atoms with Gasteiger partial charge in [0.1, 0.15) is 17.2 Å². The van der Waals surface area contributed by atoms with E-state index in [1.54, 1.807) is 36.3 Å². The van der Waals surface area contributed by atoms with Gasteiger partial charge in [0.2, 0.25) is 5.91 Å². The number of anilines is 2. The summed E-state index contributed by atoms with van der Waals surface area (Å²) < 4.78 is 11.1. The van der Waals surface area contributed by atoms with Crippen LogP contribution in [0.3, 0.4) is 0 Å². The second-order valence-corrected chi connectivity index (χ2v) is 9.09. The van der Waals surface area contributed by atoms with E-state index in [0.717, 1.165) is 30.0 Å². The first-order valence-corrected chi connectivity index (χ1v) is 13.4. The first-order chi connectivity index (χ1) is 18.6. The van der Waals surface area contributed by atoms with Crippen molar-refractivity contribution in [1.82, 2.24) is 5.32 Å². The number of urea groups is 1. The van der Waals surface area contributed by atoms with Crippen molar-refractivity contribution in [2.75, 3.05) is 30.4 Å². The van der Waals surface area contributed by atoms with Crippen LogP contribution in [0.1, 0.15) is 51.9 Å². The van der Waals surface area contributed by atoms with Gasteiger partial charge in [-0.25, -0.2) is 4.79 Å². The molecule has 0 radical (unpaired) electrons. The standard InChI is InChI=1S/C31H39N3O4/c1-3-4-5-6-10-14-30(35)32-23-11-24-34(31(36)33-25-15-19-27(37-2)20-16-25)26-17-21-29(22-18-26)38-28-12-8-7-9-13-28/h7-9,12-13,15-22H,3-6,10-11,14,23-24H2,1-2H3,(H,32,35)(H,33,36). The predicted molar refractivity (Wildman–Crippen MR) is 153 cm³/mol. The number of benzene rings is 3. The van der Waals surface area contributed by atoms with Crippen molar-refractivity contribution in [3.05, 3.63) is 78.9 Å². The third-order valence-electron chi connectivity index (χ3n) is 6.10. The van der Waals surface area contributed by atoms with Crippen LogP contribution in [0, 0.1) is 0 Å². The Bertz CT molecular complexity index is 1100. The van der Waals surface area contributed by atoms with Gasteiger partial charge < -0.3 is 20.1 Å². The number of carbonyl (C=O) groups excluding carboxylic acids is 2. The van der Waals surface area contributed by atoms with Gasteiger partial charge in [-0.1, -0.05) is 50.8 Å². The third-order valence-corrected chi connectivity index (χ3v) is 6.10. The number of hydrogen-bond acceptors (Lipinski definition) is 4. The molecular formula is C31H39N3O4. The Morgan fingerprint density at radius 2 is 1.42 bits per heavy atom. The van der Waals surface area contributed by atoms with Gasteiger partial charge in [0.05, 0.1) is 7.11 Å². The highest BCUT2D eigenvalue weighted by Gasteiger charge is 2.16. The average Bonchev–Trinajstić information content (AvgIpc) is 2.94. The van der Waals surface area contributed by atoms with Crippen molar-refractivity contribution in [1.29, 1.82) is 0 Å². The molecule has 0 fully saturated rings. The number of carbonyl (C=O) groups is 2. The van der Waals surface area contributed by atoms with Crippen LogP contribution < -0.4 is 25.0 Å². The van der Waals surface area contributed by atoms with Crippen molar-refractivity contribution >= 4 is 23.3 Å². The molecule has 0 aliphatic carbocycles. The van der Waals surface area contributed by atoms with Crippen LogP contribution in [0.2, 0.25) is 0 Å². The average molecular weight is 518 g/mol. The maximum atomic E-state index is 13.3. The van der Waals surface area contributed by atoms with Crippen LogP contribution in [0.4, 0.5) is 16.2 Å². The number of ether oxygens (including phenoxy) is 2. The van der Waals surface area contributed by atoms with Gasteiger partial charge in [-0.05, 0) is 73.5 Å². The van der Waals surface area contributed by atoms with Gasteiger partial charge in [-0.15, -0.1) is 0 Å². The maximum Gasteiger partial charge on any atom is 0.326 e. The van der Waals surface area contributed by atoms with Crippen LogP contribution in [0.5, 0.6) is 17.2 Å². The molecule has 3 aromatic rings. The van der Waals surface area contributed by atoms with Gasteiger partial charge in [0, 0.05) is 30.9 Å². The lowest BCUT2D eigenvalue weighted by Gasteiger charge is -2.24. The smallest absolute Gasteiger partial charge is 0.326 e. The number of nitrogens with one attached hydrogen (secondary N) is 2. The zero-order chi connectivity index (χ0) is 27.0. The molecule has 0 spiro atoms. The Balaban J connectivity index is 1.59. The molecule has 38 heavy (non-hydrogen) atoms. The van der Waals surface area contributed by atoms with Crippen LogP contribution in [-0.4, -0.2) is 32.1 Å². The second-order valence-electron chi connectivity index (χ2n) is 9.09. The van der Waals surface area contributed by atoms with Gasteiger partial charge in [-0.3, -0.25) is 9.69 Å². The Morgan fingerprint density at radius 3 is 2.11 bits per heavy atom. The van der Waals surface area contributed by atoms with E-state index in [4.69, 9.17) is 9.47 Å². The Kier molecular flexibility index (Phi) is 12.0. The van der Waals surface area contributed by atoms with Crippen LogP contribution >= 0.6 is 0 Å². The Labute approximate surface area is 226 Å². The first-order valence-electron chi connectivity index (χ1n) is 13.4. The summed E-state index contributed by atoms with van der Waals surface area (Å²) in [5, 5.41) is 5.94. The highest BCUT2D eigenvalue weighted by Crippen LogP contribution is 2.25. The zero-order valence-corrected chi connectivity index (χ0v) is 22.4. The van der Waals surface area contributed by atoms with Crippen LogP contribution in [0.15, 0.2) is 78.9 Å². The predicted octanol–water partition coefficient (Wildman–Crippen LogP) is 7.39. The van der Waals surface area contributed by atoms with Gasteiger partial charge in [-0.2, -0.15) is 0 Å². The van der Waals surface area contributed by atoms with Gasteiger partial charge in [0.15, 0.2) is 0 Å². The minimum absolute atomic E-state index is 0.0677. The molecule has 0 saturated carbocycles. The quantitative estimate of drug-likeness (QED) is 0.206. The summed E-state index contributed by atoms with van der Waals surface area (Å²) in [4.78, 5) is 27.1. The fraction of sp³-hybridized carbons (Fsp3) is 0.355. The van der Waals surface area contributed by atoms with E-state index in [9.17, 15) is 9.59 Å². The molecule has 202 valence electrons. The summed E-state index contributed by atoms with van der Waals surface area (Å²) in [6, 6.07) is 23.9. The minimum atomic E-state index is -0.255. The highest BCUT2D eigenvalue weighted by molar-refractivity contribution is 6.01. The number of amides is 3. The van der Waals surface area contributed by atoms with Crippen molar-refractivity contribution < 1.29 is 19.1 Å². The molecule has 0 saturated heterocycles. The van der Waals surface area contributed by atoms with E-state index in [2.05, 4.69) is 17.6 Å². The van der Waals surface area contributed by atoms with Crippen molar-refractivity contribution in [2.24, 2.45) is 0 Å². The summed E-state index contributed by atoms with van der Waals surface area (Å²) in [5.41, 5.74) is 1.40. The molecular weight excluding hydrogens is 478 g/mol. The lowest BCUT2D eigenvalue weighted by atomic mass is 10.1. The van der Waals surface area contributed by atoms with E-state index < -0.39 is 0 Å². The fourth-order valence-corrected chi connectivity index (χ4v) is 3.97. The fourth-order valence-electron chi connectivity index (χ4n) is 3.97. The summed E-state index contributed by atoms with van der Waals surface area (Å²) in [5.74, 6) is 2.21. The van der Waals surface area contributed by atoms with Crippen molar-refractivity contribution in [2.45, 2.75) is 51.9 Å². The topological polar surface area (TPSA) is 79.9 Å². The number of hydrogen-bond donors (Lipinski definition) is 2. The number of nitrogens with zero attached hydrogens (tertiary/aromatic N) is 1. The highest BCUT2D eigenvalue weighted by atomic mass is 16.5. The van der Waals surface area contributed by atoms with E-state index >= 15 is 0 Å². The Morgan fingerprint density at radius 1 is 0.763 bits per heavy atom. The van der Waals surface area contributed by atoms with E-state index in [1.165, 1.54) is 19.3 Å². The van der Waals surface area contributed by atoms with Crippen molar-refractivity contribution in [3.63, 3.8) is 0 Å². The molecule has 3 aromatic carbocycles. The summed E-state index contributed by atoms with van der Waals surface area (Å²) >= 11 is 0. The zero-order valence-electron chi connectivity index (χ0n) is 22.4. The largest absolute Gasteiger partial charge is 0.497 e. The molecule has 0 atom stereocenters. The van der Waals surface area contributed by atoms with Gasteiger partial charge in [0.25, 0.3) is 0 Å². The van der Waals surface area contributed by atoms with E-state index in [-0.39, 0.29) is 11.9 Å². The molecule has 0 aliphatic heterocycles. The molecule has 0 bridgehead atoms. The normalized spacial score (nSPS) is 10.5. The molecule has 0 aromatic heterocycles. The molecule has 0 unspecified atom stereocenters. The number of methoxy groups -OCH3 is 1.